The molecule has 0 saturated heterocycles. The predicted molar refractivity (Wildman–Crippen MR) is 62.2 cm³/mol. The number of hydrogen-bond donors (Lipinski definition) is 3. The average Bonchev–Trinajstić information content (AvgIpc) is 2.29. The maximum atomic E-state index is 13.2. The minimum Gasteiger partial charge on any atom is -0.366 e. The molecule has 5 N–H and O–H groups in total. The van der Waals surface area contributed by atoms with Crippen molar-refractivity contribution in [3.8, 4) is 0 Å². The maximum absolute atomic E-state index is 13.2. The number of alkyl halides is 3. The van der Waals surface area contributed by atoms with Crippen LogP contribution >= 0.6 is 0 Å². The van der Waals surface area contributed by atoms with E-state index in [0.29, 0.717) is 6.92 Å². The number of benzene rings is 1. The van der Waals surface area contributed by atoms with Gasteiger partial charge in [0.1, 0.15) is 5.82 Å². The molecule has 5 nitrogen and oxygen atoms in total. The fraction of sp³-hybridized carbons (Fsp3) is 0.273. The number of rotatable bonds is 3. The first-order chi connectivity index (χ1) is 8.96. The number of primary amides is 1. The minimum absolute atomic E-state index is 0.230. The van der Waals surface area contributed by atoms with Crippen molar-refractivity contribution < 1.29 is 27.2 Å². The predicted octanol–water partition coefficient (Wildman–Crippen LogP) is 1.14. The quantitative estimate of drug-likeness (QED) is 0.729. The Morgan fingerprint density at radius 3 is 2.25 bits per heavy atom. The van der Waals surface area contributed by atoms with E-state index in [-0.39, 0.29) is 5.69 Å². The van der Waals surface area contributed by atoms with Gasteiger partial charge in [0, 0.05) is 5.69 Å². The maximum Gasteiger partial charge on any atom is 0.415 e. The van der Waals surface area contributed by atoms with Crippen LogP contribution in [0.4, 0.5) is 23.2 Å². The van der Waals surface area contributed by atoms with Gasteiger partial charge in [0.05, 0.1) is 5.56 Å². The molecule has 1 aromatic rings. The Bertz CT molecular complexity index is 555. The molecule has 1 atom stereocenters. The first-order valence-electron chi connectivity index (χ1n) is 5.23. The monoisotopic (exact) mass is 293 g/mol. The van der Waals surface area contributed by atoms with Crippen molar-refractivity contribution in [1.29, 1.82) is 0 Å². The second kappa shape index (κ2) is 5.08. The summed E-state index contributed by atoms with van der Waals surface area (Å²) in [7, 11) is 0. The van der Waals surface area contributed by atoms with Crippen LogP contribution in [-0.4, -0.2) is 23.5 Å². The fourth-order valence-corrected chi connectivity index (χ4v) is 1.18. The zero-order chi connectivity index (χ0) is 15.7. The van der Waals surface area contributed by atoms with Crippen LogP contribution in [0.3, 0.4) is 0 Å². The molecule has 0 spiro atoms. The summed E-state index contributed by atoms with van der Waals surface area (Å²) in [6, 6.07) is 2.59. The summed E-state index contributed by atoms with van der Waals surface area (Å²) in [5.74, 6) is -3.63. The van der Waals surface area contributed by atoms with Gasteiger partial charge in [-0.3, -0.25) is 9.59 Å². The molecule has 9 heteroatoms. The summed E-state index contributed by atoms with van der Waals surface area (Å²) in [5.41, 5.74) is 5.86. The van der Waals surface area contributed by atoms with E-state index >= 15 is 0 Å². The van der Waals surface area contributed by atoms with Gasteiger partial charge in [-0.25, -0.2) is 4.39 Å². The third kappa shape index (κ3) is 3.05. The van der Waals surface area contributed by atoms with Crippen LogP contribution in [0.5, 0.6) is 0 Å². The van der Waals surface area contributed by atoms with E-state index in [0.717, 1.165) is 18.2 Å². The summed E-state index contributed by atoms with van der Waals surface area (Å²) in [6.45, 7) is 0.487. The highest BCUT2D eigenvalue weighted by molar-refractivity contribution is 6.00. The molecule has 1 rings (SSSR count). The third-order valence-corrected chi connectivity index (χ3v) is 2.55. The zero-order valence-corrected chi connectivity index (χ0v) is 10.2. The highest BCUT2D eigenvalue weighted by Crippen LogP contribution is 2.29. The van der Waals surface area contributed by atoms with Crippen molar-refractivity contribution in [2.75, 3.05) is 5.32 Å². The van der Waals surface area contributed by atoms with Gasteiger partial charge in [0.15, 0.2) is 5.54 Å². The van der Waals surface area contributed by atoms with Crippen molar-refractivity contribution >= 4 is 17.5 Å². The molecule has 1 aromatic carbocycles. The van der Waals surface area contributed by atoms with Crippen LogP contribution < -0.4 is 16.8 Å². The Morgan fingerprint density at radius 1 is 1.25 bits per heavy atom. The summed E-state index contributed by atoms with van der Waals surface area (Å²) in [5, 5.41) is 1.85. The van der Waals surface area contributed by atoms with Crippen molar-refractivity contribution in [1.82, 2.24) is 0 Å². The van der Waals surface area contributed by atoms with E-state index in [1.165, 1.54) is 0 Å². The van der Waals surface area contributed by atoms with Crippen LogP contribution in [0.1, 0.15) is 17.3 Å². The van der Waals surface area contributed by atoms with Crippen LogP contribution in [0.2, 0.25) is 0 Å². The highest BCUT2D eigenvalue weighted by Gasteiger charge is 2.53. The van der Waals surface area contributed by atoms with Gasteiger partial charge in [-0.1, -0.05) is 0 Å². The lowest BCUT2D eigenvalue weighted by molar-refractivity contribution is -0.184. The third-order valence-electron chi connectivity index (χ3n) is 2.55. The largest absolute Gasteiger partial charge is 0.415 e. The number of carbonyl (C=O) groups excluding carboxylic acids is 2. The lowest BCUT2D eigenvalue weighted by Crippen LogP contribution is -2.59. The van der Waals surface area contributed by atoms with E-state index in [2.05, 4.69) is 0 Å². The van der Waals surface area contributed by atoms with Crippen molar-refractivity contribution in [2.45, 2.75) is 18.6 Å². The van der Waals surface area contributed by atoms with Gasteiger partial charge in [-0.05, 0) is 25.1 Å². The normalized spacial score (nSPS) is 14.5. The van der Waals surface area contributed by atoms with Gasteiger partial charge in [0.2, 0.25) is 0 Å². The van der Waals surface area contributed by atoms with Crippen LogP contribution in [0, 0.1) is 5.82 Å². The minimum atomic E-state index is -4.97. The average molecular weight is 293 g/mol. The molecule has 0 saturated carbocycles. The number of halogens is 4. The molecule has 0 fully saturated rings. The van der Waals surface area contributed by atoms with Gasteiger partial charge in [-0.15, -0.1) is 0 Å². The Balaban J connectivity index is 3.03. The van der Waals surface area contributed by atoms with Crippen LogP contribution in [0.25, 0.3) is 0 Å². The molecule has 1 unspecified atom stereocenters. The van der Waals surface area contributed by atoms with Crippen molar-refractivity contribution in [3.63, 3.8) is 0 Å². The zero-order valence-electron chi connectivity index (χ0n) is 10.2. The standard InChI is InChI=1S/C11H11F4N3O2/c1-10(17,11(13,14)15)9(20)18-5-2-3-7(12)6(4-5)8(16)19/h2-4H,17H2,1H3,(H2,16,19)(H,18,20). The fourth-order valence-electron chi connectivity index (χ4n) is 1.18. The summed E-state index contributed by atoms with van der Waals surface area (Å²) in [4.78, 5) is 22.4. The lowest BCUT2D eigenvalue weighted by atomic mass is 10.0. The Morgan fingerprint density at radius 2 is 1.80 bits per heavy atom. The Labute approximate surface area is 110 Å². The highest BCUT2D eigenvalue weighted by atomic mass is 19.4. The number of nitrogens with two attached hydrogens (primary N) is 2. The summed E-state index contributed by atoms with van der Waals surface area (Å²) >= 11 is 0. The number of nitrogens with one attached hydrogen (secondary N) is 1. The molecule has 0 aromatic heterocycles. The first-order valence-corrected chi connectivity index (χ1v) is 5.23. The van der Waals surface area contributed by atoms with E-state index in [9.17, 15) is 27.2 Å². The van der Waals surface area contributed by atoms with Gasteiger partial charge in [-0.2, -0.15) is 13.2 Å². The molecule has 0 radical (unpaired) electrons. The molecule has 2 amide bonds. The summed E-state index contributed by atoms with van der Waals surface area (Å²) < 4.78 is 50.8. The van der Waals surface area contributed by atoms with E-state index < -0.39 is 34.9 Å². The molecule has 0 aliphatic heterocycles. The molecule has 0 bridgehead atoms. The molecular weight excluding hydrogens is 282 g/mol. The number of anilines is 1. The Hall–Kier alpha value is -2.16. The summed E-state index contributed by atoms with van der Waals surface area (Å²) in [6.07, 6.45) is -4.97. The van der Waals surface area contributed by atoms with Crippen molar-refractivity contribution in [2.24, 2.45) is 11.5 Å². The molecule has 0 heterocycles. The van der Waals surface area contributed by atoms with E-state index in [1.54, 1.807) is 0 Å². The molecule has 20 heavy (non-hydrogen) atoms. The second-order valence-corrected chi connectivity index (χ2v) is 4.21. The number of amides is 2. The molecule has 110 valence electrons. The Kier molecular flexibility index (Phi) is 4.04. The van der Waals surface area contributed by atoms with E-state index in [1.807, 2.05) is 5.32 Å². The topological polar surface area (TPSA) is 98.2 Å². The van der Waals surface area contributed by atoms with Gasteiger partial charge < -0.3 is 16.8 Å². The number of hydrogen-bond acceptors (Lipinski definition) is 3. The molecular formula is C11H11F4N3O2. The molecule has 0 aliphatic rings. The SMILES string of the molecule is CC(N)(C(=O)Nc1ccc(F)c(C(N)=O)c1)C(F)(F)F. The lowest BCUT2D eigenvalue weighted by Gasteiger charge is -2.26. The van der Waals surface area contributed by atoms with Crippen LogP contribution in [-0.2, 0) is 4.79 Å². The van der Waals surface area contributed by atoms with Gasteiger partial charge >= 0.3 is 6.18 Å². The van der Waals surface area contributed by atoms with Gasteiger partial charge in [0.25, 0.3) is 11.8 Å². The van der Waals surface area contributed by atoms with E-state index in [4.69, 9.17) is 11.5 Å². The second-order valence-electron chi connectivity index (χ2n) is 4.21. The molecule has 0 aliphatic carbocycles. The number of carbonyl (C=O) groups is 2. The smallest absolute Gasteiger partial charge is 0.366 e. The van der Waals surface area contributed by atoms with Crippen LogP contribution in [0.15, 0.2) is 18.2 Å². The first kappa shape index (κ1) is 15.9. The van der Waals surface area contributed by atoms with Crippen molar-refractivity contribution in [3.05, 3.63) is 29.6 Å².